The highest BCUT2D eigenvalue weighted by Gasteiger charge is 2.20. The van der Waals surface area contributed by atoms with Crippen LogP contribution >= 0.6 is 11.6 Å². The number of nitrogens with zero attached hydrogens (tertiary/aromatic N) is 1. The molecule has 0 radical (unpaired) electrons. The van der Waals surface area contributed by atoms with E-state index in [1.54, 1.807) is 25.1 Å². The number of hydrogen-bond donors (Lipinski definition) is 1. The van der Waals surface area contributed by atoms with E-state index >= 15 is 0 Å². The maximum Gasteiger partial charge on any atom is 0.232 e. The van der Waals surface area contributed by atoms with Crippen LogP contribution in [-0.2, 0) is 14.8 Å². The number of amides is 1. The standard InChI is InChI=1S/C19H23ClN2O3S/c1-13-6-5-7-17(15(13)3)21-19(23)10-11-22(26(4,24)25)18-9-8-16(20)12-14(18)2/h5-9,12H,10-11H2,1-4H3,(H,21,23). The molecular formula is C19H23ClN2O3S. The van der Waals surface area contributed by atoms with Gasteiger partial charge in [0.05, 0.1) is 11.9 Å². The molecule has 0 aliphatic carbocycles. The average molecular weight is 395 g/mol. The first kappa shape index (κ1) is 20.3. The molecule has 2 aromatic carbocycles. The monoisotopic (exact) mass is 394 g/mol. The molecule has 5 nitrogen and oxygen atoms in total. The Bertz CT molecular complexity index is 926. The van der Waals surface area contributed by atoms with Crippen LogP contribution in [0.3, 0.4) is 0 Å². The van der Waals surface area contributed by atoms with Gasteiger partial charge in [-0.3, -0.25) is 9.10 Å². The predicted molar refractivity (Wildman–Crippen MR) is 108 cm³/mol. The lowest BCUT2D eigenvalue weighted by Gasteiger charge is -2.24. The minimum Gasteiger partial charge on any atom is -0.326 e. The van der Waals surface area contributed by atoms with E-state index in [4.69, 9.17) is 11.6 Å². The summed E-state index contributed by atoms with van der Waals surface area (Å²) in [6.07, 6.45) is 1.17. The molecule has 0 heterocycles. The molecule has 0 spiro atoms. The van der Waals surface area contributed by atoms with Crippen LogP contribution in [0.2, 0.25) is 5.02 Å². The number of carbonyl (C=O) groups excluding carboxylic acids is 1. The highest BCUT2D eigenvalue weighted by molar-refractivity contribution is 7.92. The molecule has 140 valence electrons. The third-order valence-corrected chi connectivity index (χ3v) is 5.66. The Morgan fingerprint density at radius 1 is 1.12 bits per heavy atom. The van der Waals surface area contributed by atoms with Crippen molar-refractivity contribution in [1.29, 1.82) is 0 Å². The van der Waals surface area contributed by atoms with Gasteiger partial charge in [-0.15, -0.1) is 0 Å². The largest absolute Gasteiger partial charge is 0.326 e. The lowest BCUT2D eigenvalue weighted by molar-refractivity contribution is -0.116. The second kappa shape index (κ2) is 8.10. The van der Waals surface area contributed by atoms with Crippen LogP contribution in [0, 0.1) is 20.8 Å². The number of rotatable bonds is 6. The Kier molecular flexibility index (Phi) is 6.31. The Balaban J connectivity index is 2.15. The van der Waals surface area contributed by atoms with Gasteiger partial charge < -0.3 is 5.32 Å². The molecule has 0 bridgehead atoms. The summed E-state index contributed by atoms with van der Waals surface area (Å²) in [6.45, 7) is 5.75. The van der Waals surface area contributed by atoms with Gasteiger partial charge in [0.1, 0.15) is 0 Å². The van der Waals surface area contributed by atoms with Gasteiger partial charge >= 0.3 is 0 Å². The van der Waals surface area contributed by atoms with Gasteiger partial charge in [0.2, 0.25) is 15.9 Å². The minimum atomic E-state index is -3.53. The fourth-order valence-electron chi connectivity index (χ4n) is 2.67. The predicted octanol–water partition coefficient (Wildman–Crippen LogP) is 4.06. The van der Waals surface area contributed by atoms with E-state index in [0.717, 1.165) is 28.6 Å². The van der Waals surface area contributed by atoms with Crippen molar-refractivity contribution in [2.45, 2.75) is 27.2 Å². The van der Waals surface area contributed by atoms with E-state index in [9.17, 15) is 13.2 Å². The molecule has 2 rings (SSSR count). The van der Waals surface area contributed by atoms with Crippen LogP contribution < -0.4 is 9.62 Å². The zero-order valence-electron chi connectivity index (χ0n) is 15.3. The topological polar surface area (TPSA) is 66.5 Å². The van der Waals surface area contributed by atoms with E-state index < -0.39 is 10.0 Å². The van der Waals surface area contributed by atoms with Crippen molar-refractivity contribution in [1.82, 2.24) is 0 Å². The van der Waals surface area contributed by atoms with Crippen molar-refractivity contribution in [2.75, 3.05) is 22.4 Å². The number of aryl methyl sites for hydroxylation is 2. The maximum atomic E-state index is 12.3. The van der Waals surface area contributed by atoms with Gasteiger partial charge in [-0.1, -0.05) is 23.7 Å². The normalized spacial score (nSPS) is 11.3. The molecule has 0 unspecified atom stereocenters. The molecule has 0 atom stereocenters. The van der Waals surface area contributed by atoms with Crippen LogP contribution in [0.1, 0.15) is 23.1 Å². The fraction of sp³-hybridized carbons (Fsp3) is 0.316. The highest BCUT2D eigenvalue weighted by atomic mass is 35.5. The van der Waals surface area contributed by atoms with Gasteiger partial charge in [0.25, 0.3) is 0 Å². The van der Waals surface area contributed by atoms with Gasteiger partial charge in [-0.05, 0) is 61.7 Å². The van der Waals surface area contributed by atoms with Crippen LogP contribution in [-0.4, -0.2) is 27.1 Å². The highest BCUT2D eigenvalue weighted by Crippen LogP contribution is 2.26. The van der Waals surface area contributed by atoms with Crippen molar-refractivity contribution in [2.24, 2.45) is 0 Å². The lowest BCUT2D eigenvalue weighted by Crippen LogP contribution is -2.33. The summed E-state index contributed by atoms with van der Waals surface area (Å²) < 4.78 is 25.6. The van der Waals surface area contributed by atoms with Crippen LogP contribution in [0.5, 0.6) is 0 Å². The van der Waals surface area contributed by atoms with E-state index in [-0.39, 0.29) is 18.9 Å². The second-order valence-corrected chi connectivity index (χ2v) is 8.65. The molecule has 0 aromatic heterocycles. The van der Waals surface area contributed by atoms with Gasteiger partial charge in [-0.2, -0.15) is 0 Å². The zero-order valence-corrected chi connectivity index (χ0v) is 16.9. The smallest absolute Gasteiger partial charge is 0.232 e. The number of sulfonamides is 1. The van der Waals surface area contributed by atoms with Crippen molar-refractivity contribution in [3.8, 4) is 0 Å². The first-order valence-electron chi connectivity index (χ1n) is 8.19. The van der Waals surface area contributed by atoms with Crippen LogP contribution in [0.4, 0.5) is 11.4 Å². The number of hydrogen-bond acceptors (Lipinski definition) is 3. The quantitative estimate of drug-likeness (QED) is 0.803. The average Bonchev–Trinajstić information content (AvgIpc) is 2.52. The first-order chi connectivity index (χ1) is 12.1. The van der Waals surface area contributed by atoms with Gasteiger partial charge in [0.15, 0.2) is 0 Å². The second-order valence-electron chi connectivity index (χ2n) is 6.31. The number of anilines is 2. The molecule has 0 fully saturated rings. The summed E-state index contributed by atoms with van der Waals surface area (Å²) in [5, 5.41) is 3.39. The maximum absolute atomic E-state index is 12.3. The van der Waals surface area contributed by atoms with Crippen molar-refractivity contribution >= 4 is 38.9 Å². The lowest BCUT2D eigenvalue weighted by atomic mass is 10.1. The van der Waals surface area contributed by atoms with E-state index in [2.05, 4.69) is 5.32 Å². The Morgan fingerprint density at radius 3 is 2.42 bits per heavy atom. The molecule has 0 saturated heterocycles. The minimum absolute atomic E-state index is 0.0442. The summed E-state index contributed by atoms with van der Waals surface area (Å²) in [5.41, 5.74) is 4.07. The SMILES string of the molecule is Cc1cc(Cl)ccc1N(CCC(=O)Nc1cccc(C)c1C)S(C)(=O)=O. The molecule has 0 saturated carbocycles. The summed E-state index contributed by atoms with van der Waals surface area (Å²) in [4.78, 5) is 12.3. The van der Waals surface area contributed by atoms with Crippen LogP contribution in [0.15, 0.2) is 36.4 Å². The molecule has 1 N–H and O–H groups in total. The molecule has 0 aliphatic rings. The Morgan fingerprint density at radius 2 is 1.81 bits per heavy atom. The van der Waals surface area contributed by atoms with Crippen molar-refractivity contribution < 1.29 is 13.2 Å². The van der Waals surface area contributed by atoms with Gasteiger partial charge in [-0.25, -0.2) is 8.42 Å². The van der Waals surface area contributed by atoms with Crippen molar-refractivity contribution in [3.63, 3.8) is 0 Å². The molecular weight excluding hydrogens is 372 g/mol. The number of nitrogens with one attached hydrogen (secondary N) is 1. The van der Waals surface area contributed by atoms with Crippen LogP contribution in [0.25, 0.3) is 0 Å². The summed E-state index contributed by atoms with van der Waals surface area (Å²) in [7, 11) is -3.53. The number of halogens is 1. The number of carbonyl (C=O) groups is 1. The van der Waals surface area contributed by atoms with E-state index in [1.165, 1.54) is 4.31 Å². The molecule has 26 heavy (non-hydrogen) atoms. The Labute approximate surface area is 160 Å². The zero-order chi connectivity index (χ0) is 19.5. The first-order valence-corrected chi connectivity index (χ1v) is 10.4. The van der Waals surface area contributed by atoms with Gasteiger partial charge in [0, 0.05) is 23.7 Å². The van der Waals surface area contributed by atoms with E-state index in [1.807, 2.05) is 32.0 Å². The molecule has 7 heteroatoms. The molecule has 1 amide bonds. The summed E-state index contributed by atoms with van der Waals surface area (Å²) >= 11 is 5.95. The fourth-order valence-corrected chi connectivity index (χ4v) is 3.88. The third kappa shape index (κ3) is 4.99. The molecule has 2 aromatic rings. The summed E-state index contributed by atoms with van der Waals surface area (Å²) in [6, 6.07) is 10.7. The third-order valence-electron chi connectivity index (χ3n) is 4.25. The van der Waals surface area contributed by atoms with E-state index in [0.29, 0.717) is 10.7 Å². The Hall–Kier alpha value is -2.05. The van der Waals surface area contributed by atoms with Crippen molar-refractivity contribution in [3.05, 3.63) is 58.1 Å². The molecule has 0 aliphatic heterocycles. The summed E-state index contributed by atoms with van der Waals surface area (Å²) in [5.74, 6) is -0.237. The number of benzene rings is 2.